The Hall–Kier alpha value is 0.0200. The van der Waals surface area contributed by atoms with Crippen LogP contribution >= 0.6 is 39.1 Å². The highest BCUT2D eigenvalue weighted by Crippen LogP contribution is 2.23. The third-order valence-corrected chi connectivity index (χ3v) is 3.24. The van der Waals surface area contributed by atoms with Gasteiger partial charge in [0.05, 0.1) is 0 Å². The molecule has 0 fully saturated rings. The molecule has 0 aliphatic rings. The first-order valence-corrected chi connectivity index (χ1v) is 6.25. The predicted molar refractivity (Wildman–Crippen MR) is 68.5 cm³/mol. The molecule has 0 aromatic heterocycles. The lowest BCUT2D eigenvalue weighted by Crippen LogP contribution is -1.83. The van der Waals surface area contributed by atoms with Crippen molar-refractivity contribution in [2.45, 2.75) is 13.3 Å². The van der Waals surface area contributed by atoms with Crippen LogP contribution in [0.1, 0.15) is 18.9 Å². The summed E-state index contributed by atoms with van der Waals surface area (Å²) in [5, 5.41) is 2.32. The molecule has 1 rings (SSSR count). The van der Waals surface area contributed by atoms with Gasteiger partial charge in [0.2, 0.25) is 0 Å². The maximum Gasteiger partial charge on any atom is 0.0479 e. The Labute approximate surface area is 103 Å². The molecule has 1 aromatic carbocycles. The minimum absolute atomic E-state index is 0.714. The van der Waals surface area contributed by atoms with Gasteiger partial charge in [-0.1, -0.05) is 57.7 Å². The van der Waals surface area contributed by atoms with Crippen LogP contribution in [0.15, 0.2) is 23.8 Å². The third-order valence-electron chi connectivity index (χ3n) is 1.94. The Morgan fingerprint density at radius 3 is 2.71 bits per heavy atom. The zero-order valence-electron chi connectivity index (χ0n) is 7.86. The molecule has 0 atom stereocenters. The largest absolute Gasteiger partial charge is 0.0880 e. The van der Waals surface area contributed by atoms with Gasteiger partial charge in [0.1, 0.15) is 0 Å². The topological polar surface area (TPSA) is 0 Å². The zero-order chi connectivity index (χ0) is 10.6. The van der Waals surface area contributed by atoms with E-state index in [0.29, 0.717) is 5.02 Å². The summed E-state index contributed by atoms with van der Waals surface area (Å²) < 4.78 is 0. The zero-order valence-corrected chi connectivity index (χ0v) is 11.0. The molecule has 14 heavy (non-hydrogen) atoms. The van der Waals surface area contributed by atoms with Crippen molar-refractivity contribution < 1.29 is 0 Å². The van der Waals surface area contributed by atoms with E-state index in [4.69, 9.17) is 23.2 Å². The maximum absolute atomic E-state index is 6.04. The van der Waals surface area contributed by atoms with Gasteiger partial charge in [-0.15, -0.1) is 0 Å². The van der Waals surface area contributed by atoms with Crippen molar-refractivity contribution in [3.8, 4) is 0 Å². The standard InChI is InChI=1S/C11H11BrCl2/c1-2-8(7-12)5-9-6-10(13)3-4-11(9)14/h3-6H,2,7H2,1H3/b8-5-. The van der Waals surface area contributed by atoms with Gasteiger partial charge in [-0.25, -0.2) is 0 Å². The highest BCUT2D eigenvalue weighted by atomic mass is 79.9. The van der Waals surface area contributed by atoms with Crippen LogP contribution in [0.25, 0.3) is 6.08 Å². The van der Waals surface area contributed by atoms with E-state index in [1.54, 1.807) is 6.07 Å². The van der Waals surface area contributed by atoms with Gasteiger partial charge in [-0.2, -0.15) is 0 Å². The van der Waals surface area contributed by atoms with Crippen molar-refractivity contribution in [1.82, 2.24) is 0 Å². The maximum atomic E-state index is 6.04. The number of hydrogen-bond donors (Lipinski definition) is 0. The number of rotatable bonds is 3. The Morgan fingerprint density at radius 2 is 2.14 bits per heavy atom. The average Bonchev–Trinajstić information content (AvgIpc) is 2.19. The first kappa shape index (κ1) is 12.1. The van der Waals surface area contributed by atoms with Gasteiger partial charge in [0.25, 0.3) is 0 Å². The van der Waals surface area contributed by atoms with Gasteiger partial charge in [0.15, 0.2) is 0 Å². The summed E-state index contributed by atoms with van der Waals surface area (Å²) in [6.45, 7) is 2.12. The molecule has 0 aliphatic heterocycles. The highest BCUT2D eigenvalue weighted by molar-refractivity contribution is 9.09. The quantitative estimate of drug-likeness (QED) is 0.674. The summed E-state index contributed by atoms with van der Waals surface area (Å²) in [6, 6.07) is 5.49. The Kier molecular flexibility index (Phi) is 5.00. The van der Waals surface area contributed by atoms with E-state index in [9.17, 15) is 0 Å². The molecule has 3 heteroatoms. The first-order valence-electron chi connectivity index (χ1n) is 4.37. The van der Waals surface area contributed by atoms with Gasteiger partial charge < -0.3 is 0 Å². The van der Waals surface area contributed by atoms with Crippen molar-refractivity contribution in [3.05, 3.63) is 39.4 Å². The van der Waals surface area contributed by atoms with E-state index >= 15 is 0 Å². The van der Waals surface area contributed by atoms with E-state index in [1.807, 2.05) is 12.1 Å². The Bertz CT molecular complexity index is 339. The second-order valence-corrected chi connectivity index (χ2v) is 4.36. The molecule has 1 aromatic rings. The SMILES string of the molecule is CC/C(=C/c1cc(Cl)ccc1Cl)CBr. The van der Waals surface area contributed by atoms with Crippen LogP contribution in [-0.4, -0.2) is 5.33 Å². The summed E-state index contributed by atoms with van der Waals surface area (Å²) >= 11 is 15.4. The van der Waals surface area contributed by atoms with E-state index in [1.165, 1.54) is 5.57 Å². The van der Waals surface area contributed by atoms with Crippen molar-refractivity contribution in [2.24, 2.45) is 0 Å². The molecule has 0 N–H and O–H groups in total. The number of alkyl halides is 1. The van der Waals surface area contributed by atoms with E-state index in [0.717, 1.165) is 22.3 Å². The van der Waals surface area contributed by atoms with Crippen LogP contribution in [0, 0.1) is 0 Å². The summed E-state index contributed by atoms with van der Waals surface area (Å²) in [4.78, 5) is 0. The summed E-state index contributed by atoms with van der Waals surface area (Å²) in [5.41, 5.74) is 2.28. The van der Waals surface area contributed by atoms with Crippen LogP contribution in [-0.2, 0) is 0 Å². The highest BCUT2D eigenvalue weighted by Gasteiger charge is 1.99. The lowest BCUT2D eigenvalue weighted by molar-refractivity contribution is 1.12. The predicted octanol–water partition coefficient (Wildman–Crippen LogP) is 5.18. The fraction of sp³-hybridized carbons (Fsp3) is 0.273. The second-order valence-electron chi connectivity index (χ2n) is 2.96. The fourth-order valence-corrected chi connectivity index (χ4v) is 1.99. The summed E-state index contributed by atoms with van der Waals surface area (Å²) in [6.07, 6.45) is 3.08. The van der Waals surface area contributed by atoms with Gasteiger partial charge in [0, 0.05) is 15.4 Å². The first-order chi connectivity index (χ1) is 6.67. The average molecular weight is 294 g/mol. The molecule has 0 unspecified atom stereocenters. The minimum atomic E-state index is 0.714. The molecule has 0 spiro atoms. The smallest absolute Gasteiger partial charge is 0.0479 e. The van der Waals surface area contributed by atoms with Crippen LogP contribution < -0.4 is 0 Å². The molecule has 0 saturated carbocycles. The Morgan fingerprint density at radius 1 is 1.43 bits per heavy atom. The van der Waals surface area contributed by atoms with Gasteiger partial charge >= 0.3 is 0 Å². The molecule has 0 amide bonds. The molecule has 0 saturated heterocycles. The van der Waals surface area contributed by atoms with E-state index in [2.05, 4.69) is 28.9 Å². The lowest BCUT2D eigenvalue weighted by atomic mass is 10.1. The Balaban J connectivity index is 3.06. The normalized spacial score (nSPS) is 11.9. The minimum Gasteiger partial charge on any atom is -0.0880 e. The molecule has 76 valence electrons. The molecule has 0 heterocycles. The van der Waals surface area contributed by atoms with Crippen molar-refractivity contribution >= 4 is 45.2 Å². The molecule has 0 bridgehead atoms. The second kappa shape index (κ2) is 5.79. The molecular formula is C11H11BrCl2. The van der Waals surface area contributed by atoms with E-state index < -0.39 is 0 Å². The van der Waals surface area contributed by atoms with Crippen LogP contribution in [0.2, 0.25) is 10.0 Å². The number of halogens is 3. The van der Waals surface area contributed by atoms with Crippen LogP contribution in [0.4, 0.5) is 0 Å². The van der Waals surface area contributed by atoms with Crippen LogP contribution in [0.5, 0.6) is 0 Å². The summed E-state index contributed by atoms with van der Waals surface area (Å²) in [7, 11) is 0. The van der Waals surface area contributed by atoms with Gasteiger partial charge in [-0.3, -0.25) is 0 Å². The monoisotopic (exact) mass is 292 g/mol. The third kappa shape index (κ3) is 3.30. The fourth-order valence-electron chi connectivity index (χ4n) is 1.08. The molecule has 0 radical (unpaired) electrons. The van der Waals surface area contributed by atoms with E-state index in [-0.39, 0.29) is 0 Å². The number of allylic oxidation sites excluding steroid dienone is 1. The number of hydrogen-bond acceptors (Lipinski definition) is 0. The van der Waals surface area contributed by atoms with Crippen molar-refractivity contribution in [1.29, 1.82) is 0 Å². The molecule has 0 aliphatic carbocycles. The molecule has 0 nitrogen and oxygen atoms in total. The van der Waals surface area contributed by atoms with Crippen molar-refractivity contribution in [3.63, 3.8) is 0 Å². The van der Waals surface area contributed by atoms with Crippen molar-refractivity contribution in [2.75, 3.05) is 5.33 Å². The lowest BCUT2D eigenvalue weighted by Gasteiger charge is -2.02. The number of benzene rings is 1. The summed E-state index contributed by atoms with van der Waals surface area (Å²) in [5.74, 6) is 0. The molecular weight excluding hydrogens is 283 g/mol. The van der Waals surface area contributed by atoms with Crippen LogP contribution in [0.3, 0.4) is 0 Å². The van der Waals surface area contributed by atoms with Gasteiger partial charge in [-0.05, 0) is 30.2 Å².